The van der Waals surface area contributed by atoms with E-state index >= 15 is 0 Å². The number of hydrogen-bond donors (Lipinski definition) is 2. The molecule has 2 amide bonds. The number of nitrogens with zero attached hydrogens (tertiary/aromatic N) is 3. The lowest BCUT2D eigenvalue weighted by atomic mass is 9.73. The van der Waals surface area contributed by atoms with E-state index in [0.717, 1.165) is 10.9 Å². The summed E-state index contributed by atoms with van der Waals surface area (Å²) in [5, 5.41) is 12.4. The molecule has 8 heteroatoms. The number of halogens is 1. The fourth-order valence-electron chi connectivity index (χ4n) is 4.20. The molecule has 0 unspecified atom stereocenters. The average molecular weight is 425 g/mol. The van der Waals surface area contributed by atoms with Crippen LogP contribution in [0.5, 0.6) is 0 Å². The lowest BCUT2D eigenvalue weighted by molar-refractivity contribution is -0.116. The number of rotatable bonds is 4. The highest BCUT2D eigenvalue weighted by Gasteiger charge is 2.61. The van der Waals surface area contributed by atoms with E-state index in [1.165, 1.54) is 0 Å². The van der Waals surface area contributed by atoms with E-state index < -0.39 is 6.09 Å². The molecule has 1 aromatic rings. The van der Waals surface area contributed by atoms with Crippen molar-refractivity contribution in [3.8, 4) is 0 Å². The molecule has 7 nitrogen and oxygen atoms in total. The van der Waals surface area contributed by atoms with Crippen LogP contribution in [0.3, 0.4) is 0 Å². The number of carboxylic acid groups (broad SMARTS) is 1. The van der Waals surface area contributed by atoms with Crippen molar-refractivity contribution in [1.82, 2.24) is 14.8 Å². The fraction of sp³-hybridized carbons (Fsp3) is 0.611. The first-order valence-corrected chi connectivity index (χ1v) is 9.58. The van der Waals surface area contributed by atoms with Gasteiger partial charge >= 0.3 is 6.09 Å². The lowest BCUT2D eigenvalue weighted by Gasteiger charge is -2.48. The average Bonchev–Trinajstić information content (AvgIpc) is 3.09. The maximum atomic E-state index is 12.2. The van der Waals surface area contributed by atoms with Gasteiger partial charge < -0.3 is 10.4 Å². The zero-order valence-electron chi connectivity index (χ0n) is 15.3. The van der Waals surface area contributed by atoms with Crippen molar-refractivity contribution in [2.75, 3.05) is 25.0 Å². The van der Waals surface area contributed by atoms with Gasteiger partial charge in [0.05, 0.1) is 5.54 Å². The summed E-state index contributed by atoms with van der Waals surface area (Å²) in [5.41, 5.74) is -0.538. The van der Waals surface area contributed by atoms with Crippen molar-refractivity contribution in [3.63, 3.8) is 0 Å². The Hall–Kier alpha value is -1.67. The molecule has 0 radical (unpaired) electrons. The number of aromatic nitrogens is 1. The highest BCUT2D eigenvalue weighted by molar-refractivity contribution is 9.10. The molecule has 2 aliphatic rings. The molecule has 0 saturated carbocycles. The molecule has 2 saturated heterocycles. The number of nitrogens with one attached hydrogen (secondary N) is 1. The quantitative estimate of drug-likeness (QED) is 0.775. The zero-order valence-corrected chi connectivity index (χ0v) is 16.9. The zero-order chi connectivity index (χ0) is 19.1. The number of amides is 2. The maximum Gasteiger partial charge on any atom is 0.407 e. The normalized spacial score (nSPS) is 25.5. The SMILES string of the molecule is CC(C)(C)[C@]12C[C@@H](CN1C(=O)O)N(CCC(=O)Nc1cc(Br)ccn1)C2. The van der Waals surface area contributed by atoms with Crippen molar-refractivity contribution in [2.45, 2.75) is 45.2 Å². The Balaban J connectivity index is 1.61. The monoisotopic (exact) mass is 424 g/mol. The second kappa shape index (κ2) is 6.81. The highest BCUT2D eigenvalue weighted by atomic mass is 79.9. The summed E-state index contributed by atoms with van der Waals surface area (Å²) in [7, 11) is 0. The van der Waals surface area contributed by atoms with Gasteiger partial charge in [-0.1, -0.05) is 36.7 Å². The van der Waals surface area contributed by atoms with Crippen molar-refractivity contribution < 1.29 is 14.7 Å². The lowest BCUT2D eigenvalue weighted by Crippen LogP contribution is -2.61. The summed E-state index contributed by atoms with van der Waals surface area (Å²) in [4.78, 5) is 31.9. The van der Waals surface area contributed by atoms with Crippen LogP contribution in [0.1, 0.15) is 33.6 Å². The van der Waals surface area contributed by atoms with E-state index in [2.05, 4.69) is 51.9 Å². The number of likely N-dealkylation sites (tertiary alicyclic amines) is 2. The number of fused-ring (bicyclic) bond motifs is 2. The molecule has 2 atom stereocenters. The minimum atomic E-state index is -0.847. The minimum absolute atomic E-state index is 0.0849. The summed E-state index contributed by atoms with van der Waals surface area (Å²) in [5.74, 6) is 0.439. The molecule has 26 heavy (non-hydrogen) atoms. The van der Waals surface area contributed by atoms with Gasteiger partial charge in [-0.3, -0.25) is 14.6 Å². The number of carbonyl (C=O) groups excluding carboxylic acids is 1. The van der Waals surface area contributed by atoms with Crippen molar-refractivity contribution >= 4 is 33.7 Å². The predicted octanol–water partition coefficient (Wildman–Crippen LogP) is 3.03. The highest BCUT2D eigenvalue weighted by Crippen LogP contribution is 2.50. The van der Waals surface area contributed by atoms with Gasteiger partial charge in [-0.25, -0.2) is 9.78 Å². The smallest absolute Gasteiger partial charge is 0.407 e. The van der Waals surface area contributed by atoms with Gasteiger partial charge in [0.2, 0.25) is 5.91 Å². The van der Waals surface area contributed by atoms with Crippen LogP contribution in [0.15, 0.2) is 22.8 Å². The fourth-order valence-corrected chi connectivity index (χ4v) is 4.54. The minimum Gasteiger partial charge on any atom is -0.465 e. The van der Waals surface area contributed by atoms with Gasteiger partial charge in [0.15, 0.2) is 0 Å². The molecular weight excluding hydrogens is 400 g/mol. The number of pyridine rings is 1. The standard InChI is InChI=1S/C18H25BrN4O3/c1-17(2,3)18-9-13(10-23(18)16(25)26)22(11-18)7-5-15(24)21-14-8-12(19)4-6-20-14/h4,6,8,13H,5,7,9-11H2,1-3H3,(H,25,26)(H,20,21,24)/t13-,18+/m0/s1. The molecule has 2 fully saturated rings. The Morgan fingerprint density at radius 1 is 1.46 bits per heavy atom. The van der Waals surface area contributed by atoms with Gasteiger partial charge in [-0.05, 0) is 24.0 Å². The van der Waals surface area contributed by atoms with Gasteiger partial charge in [0, 0.05) is 42.8 Å². The van der Waals surface area contributed by atoms with Gasteiger partial charge in [-0.2, -0.15) is 0 Å². The summed E-state index contributed by atoms with van der Waals surface area (Å²) in [6.45, 7) is 8.11. The molecule has 1 aromatic heterocycles. The van der Waals surface area contributed by atoms with Crippen LogP contribution in [-0.4, -0.2) is 63.1 Å². The molecule has 142 valence electrons. The van der Waals surface area contributed by atoms with Crippen LogP contribution in [0, 0.1) is 5.41 Å². The summed E-state index contributed by atoms with van der Waals surface area (Å²) in [6.07, 6.45) is 1.98. The third kappa shape index (κ3) is 3.44. The van der Waals surface area contributed by atoms with Crippen LogP contribution in [0.25, 0.3) is 0 Å². The van der Waals surface area contributed by atoms with Gasteiger partial charge in [0.1, 0.15) is 5.82 Å². The van der Waals surface area contributed by atoms with Crippen LogP contribution in [-0.2, 0) is 4.79 Å². The molecule has 0 aromatic carbocycles. The Kier molecular flexibility index (Phi) is 5.00. The Morgan fingerprint density at radius 3 is 2.81 bits per heavy atom. The summed E-state index contributed by atoms with van der Waals surface area (Å²) >= 11 is 3.36. The molecule has 3 heterocycles. The van der Waals surface area contributed by atoms with Crippen LogP contribution in [0.4, 0.5) is 10.6 Å². The van der Waals surface area contributed by atoms with Crippen molar-refractivity contribution in [3.05, 3.63) is 22.8 Å². The molecule has 2 N–H and O–H groups in total. The predicted molar refractivity (Wildman–Crippen MR) is 102 cm³/mol. The molecule has 2 bridgehead atoms. The largest absolute Gasteiger partial charge is 0.465 e. The van der Waals surface area contributed by atoms with Gasteiger partial charge in [0.25, 0.3) is 0 Å². The van der Waals surface area contributed by atoms with E-state index in [4.69, 9.17) is 0 Å². The van der Waals surface area contributed by atoms with Crippen LogP contribution in [0.2, 0.25) is 0 Å². The third-order valence-electron chi connectivity index (χ3n) is 5.71. The first-order valence-electron chi connectivity index (χ1n) is 8.78. The number of hydrogen-bond acceptors (Lipinski definition) is 4. The first-order chi connectivity index (χ1) is 12.1. The molecule has 2 aliphatic heterocycles. The van der Waals surface area contributed by atoms with Crippen molar-refractivity contribution in [1.29, 1.82) is 0 Å². The Bertz CT molecular complexity index is 721. The van der Waals surface area contributed by atoms with E-state index in [1.807, 2.05) is 0 Å². The number of anilines is 1. The Morgan fingerprint density at radius 2 is 2.19 bits per heavy atom. The van der Waals surface area contributed by atoms with Gasteiger partial charge in [-0.15, -0.1) is 0 Å². The Labute approximate surface area is 161 Å². The first kappa shape index (κ1) is 19.1. The molecule has 0 aliphatic carbocycles. The van der Waals surface area contributed by atoms with E-state index in [9.17, 15) is 14.7 Å². The molecule has 3 rings (SSSR count). The van der Waals surface area contributed by atoms with Crippen LogP contribution < -0.4 is 5.32 Å². The number of carbonyl (C=O) groups is 2. The van der Waals surface area contributed by atoms with E-state index in [1.54, 1.807) is 23.2 Å². The second-order valence-corrected chi connectivity index (χ2v) is 9.08. The summed E-state index contributed by atoms with van der Waals surface area (Å²) in [6, 6.07) is 3.74. The number of piperazine rings is 1. The molecule has 0 spiro atoms. The third-order valence-corrected chi connectivity index (χ3v) is 6.20. The summed E-state index contributed by atoms with van der Waals surface area (Å²) < 4.78 is 0.862. The molecular formula is C18H25BrN4O3. The van der Waals surface area contributed by atoms with E-state index in [-0.39, 0.29) is 22.9 Å². The van der Waals surface area contributed by atoms with E-state index in [0.29, 0.717) is 31.9 Å². The topological polar surface area (TPSA) is 85.8 Å². The maximum absolute atomic E-state index is 12.2. The second-order valence-electron chi connectivity index (χ2n) is 8.16. The van der Waals surface area contributed by atoms with Crippen molar-refractivity contribution in [2.24, 2.45) is 5.41 Å². The van der Waals surface area contributed by atoms with Crippen LogP contribution >= 0.6 is 15.9 Å².